The summed E-state index contributed by atoms with van der Waals surface area (Å²) in [5.41, 5.74) is 1.13. The molecular weight excluding hydrogens is 651 g/mol. The molecule has 0 aliphatic heterocycles. The van der Waals surface area contributed by atoms with Crippen molar-refractivity contribution in [1.29, 1.82) is 0 Å². The zero-order valence-electron chi connectivity index (χ0n) is 26.0. The van der Waals surface area contributed by atoms with Gasteiger partial charge in [-0.3, -0.25) is 14.4 Å². The van der Waals surface area contributed by atoms with Crippen LogP contribution in [0, 0.1) is 0 Å². The minimum Gasteiger partial charge on any atom is -0.497 e. The Morgan fingerprint density at radius 1 is 0.735 bits per heavy atom. The first-order valence-electron chi connectivity index (χ1n) is 14.9. The Balaban J connectivity index is 1.37. The van der Waals surface area contributed by atoms with Crippen LogP contribution in [0.25, 0.3) is 6.08 Å². The van der Waals surface area contributed by atoms with Crippen LogP contribution < -0.4 is 20.7 Å². The average molecular weight is 682 g/mol. The van der Waals surface area contributed by atoms with Crippen LogP contribution in [-0.4, -0.2) is 24.8 Å². The van der Waals surface area contributed by atoms with Crippen LogP contribution in [0.15, 0.2) is 144 Å². The molecule has 0 bridgehead atoms. The summed E-state index contributed by atoms with van der Waals surface area (Å²) in [4.78, 5) is 40.8. The standard InChI is InChI=1S/C38H30F3N3O4S/c1-48-31-20-18-25(19-21-31)22-33(44-35(45)27-12-6-3-7-13-27)36(46)42-30-16-9-17-32(24-30)49-34(26-10-4-2-5-11-26)37(47)43-29-15-8-14-28(23-29)38(39,40)41/h2-24,34H,1H3,(H,42,46)(H,43,47)(H,44,45)/b33-22+. The van der Waals surface area contributed by atoms with Gasteiger partial charge < -0.3 is 20.7 Å². The van der Waals surface area contributed by atoms with Crippen molar-refractivity contribution in [2.45, 2.75) is 16.3 Å². The summed E-state index contributed by atoms with van der Waals surface area (Å²) in [6.07, 6.45) is -3.02. The largest absolute Gasteiger partial charge is 0.497 e. The highest BCUT2D eigenvalue weighted by Gasteiger charge is 2.31. The van der Waals surface area contributed by atoms with E-state index in [2.05, 4.69) is 16.0 Å². The zero-order valence-corrected chi connectivity index (χ0v) is 26.8. The van der Waals surface area contributed by atoms with E-state index in [9.17, 15) is 27.6 Å². The number of thioether (sulfide) groups is 1. The van der Waals surface area contributed by atoms with Crippen molar-refractivity contribution in [3.05, 3.63) is 161 Å². The molecule has 3 N–H and O–H groups in total. The molecule has 1 unspecified atom stereocenters. The minimum absolute atomic E-state index is 0.0103. The number of hydrogen-bond acceptors (Lipinski definition) is 5. The van der Waals surface area contributed by atoms with Gasteiger partial charge in [-0.2, -0.15) is 13.2 Å². The number of methoxy groups -OCH3 is 1. The molecule has 0 fully saturated rings. The third kappa shape index (κ3) is 9.61. The molecule has 11 heteroatoms. The van der Waals surface area contributed by atoms with E-state index in [1.807, 2.05) is 0 Å². The first-order chi connectivity index (χ1) is 23.6. The predicted molar refractivity (Wildman–Crippen MR) is 185 cm³/mol. The summed E-state index contributed by atoms with van der Waals surface area (Å²) in [7, 11) is 1.54. The maximum atomic E-state index is 13.6. The minimum atomic E-state index is -4.56. The summed E-state index contributed by atoms with van der Waals surface area (Å²) >= 11 is 1.16. The Kier molecular flexibility index (Phi) is 11.2. The molecule has 0 heterocycles. The van der Waals surface area contributed by atoms with Gasteiger partial charge in [0.25, 0.3) is 11.8 Å². The lowest BCUT2D eigenvalue weighted by Crippen LogP contribution is -2.30. The number of anilines is 2. The molecule has 5 rings (SSSR count). The summed E-state index contributed by atoms with van der Waals surface area (Å²) < 4.78 is 45.1. The second-order valence-electron chi connectivity index (χ2n) is 10.6. The first kappa shape index (κ1) is 34.5. The number of ether oxygens (including phenoxy) is 1. The molecule has 0 spiro atoms. The topological polar surface area (TPSA) is 96.5 Å². The Morgan fingerprint density at radius 3 is 2.02 bits per heavy atom. The number of benzene rings is 5. The summed E-state index contributed by atoms with van der Waals surface area (Å²) in [6.45, 7) is 0. The molecule has 0 saturated heterocycles. The highest BCUT2D eigenvalue weighted by molar-refractivity contribution is 8.00. The van der Waals surface area contributed by atoms with Crippen molar-refractivity contribution in [3.63, 3.8) is 0 Å². The Hall–Kier alpha value is -5.81. The van der Waals surface area contributed by atoms with E-state index in [-0.39, 0.29) is 11.4 Å². The SMILES string of the molecule is COc1ccc(/C=C(/NC(=O)c2ccccc2)C(=O)Nc2cccc(SC(C(=O)Nc3cccc(C(F)(F)F)c3)c3ccccc3)c2)cc1. The van der Waals surface area contributed by atoms with Gasteiger partial charge in [-0.25, -0.2) is 0 Å². The molecule has 0 aliphatic rings. The van der Waals surface area contributed by atoms with E-state index in [0.29, 0.717) is 33.0 Å². The molecule has 3 amide bonds. The molecule has 1 atom stereocenters. The lowest BCUT2D eigenvalue weighted by molar-refractivity contribution is -0.137. The number of amides is 3. The van der Waals surface area contributed by atoms with Crippen molar-refractivity contribution in [3.8, 4) is 5.75 Å². The zero-order chi connectivity index (χ0) is 34.8. The van der Waals surface area contributed by atoms with Crippen LogP contribution in [0.2, 0.25) is 0 Å². The fraction of sp³-hybridized carbons (Fsp3) is 0.0789. The smallest absolute Gasteiger partial charge is 0.416 e. The van der Waals surface area contributed by atoms with Gasteiger partial charge in [0, 0.05) is 21.8 Å². The predicted octanol–water partition coefficient (Wildman–Crippen LogP) is 8.60. The van der Waals surface area contributed by atoms with Gasteiger partial charge in [0.2, 0.25) is 5.91 Å². The third-order valence-electron chi connectivity index (χ3n) is 7.10. The normalized spacial score (nSPS) is 12.0. The summed E-state index contributed by atoms with van der Waals surface area (Å²) in [5.74, 6) is -0.970. The van der Waals surface area contributed by atoms with Crippen LogP contribution in [0.1, 0.15) is 32.3 Å². The van der Waals surface area contributed by atoms with E-state index < -0.39 is 34.7 Å². The average Bonchev–Trinajstić information content (AvgIpc) is 3.11. The lowest BCUT2D eigenvalue weighted by atomic mass is 10.1. The van der Waals surface area contributed by atoms with Gasteiger partial charge in [0.1, 0.15) is 16.7 Å². The molecule has 0 radical (unpaired) electrons. The second-order valence-corrected chi connectivity index (χ2v) is 11.8. The highest BCUT2D eigenvalue weighted by Crippen LogP contribution is 2.38. The van der Waals surface area contributed by atoms with Crippen molar-refractivity contribution in [2.75, 3.05) is 17.7 Å². The maximum absolute atomic E-state index is 13.6. The van der Waals surface area contributed by atoms with Crippen molar-refractivity contribution >= 4 is 46.9 Å². The Morgan fingerprint density at radius 2 is 1.37 bits per heavy atom. The van der Waals surface area contributed by atoms with Gasteiger partial charge in [-0.05, 0) is 77.9 Å². The van der Waals surface area contributed by atoms with Crippen LogP contribution in [0.3, 0.4) is 0 Å². The first-order valence-corrected chi connectivity index (χ1v) is 15.8. The number of carbonyl (C=O) groups is 3. The van der Waals surface area contributed by atoms with Crippen molar-refractivity contribution < 1.29 is 32.3 Å². The maximum Gasteiger partial charge on any atom is 0.416 e. The van der Waals surface area contributed by atoms with Crippen LogP contribution >= 0.6 is 11.8 Å². The second kappa shape index (κ2) is 15.9. The van der Waals surface area contributed by atoms with Crippen molar-refractivity contribution in [1.82, 2.24) is 5.32 Å². The third-order valence-corrected chi connectivity index (χ3v) is 8.35. The van der Waals surface area contributed by atoms with Crippen LogP contribution in [0.5, 0.6) is 5.75 Å². The number of carbonyl (C=O) groups excluding carboxylic acids is 3. The number of rotatable bonds is 11. The highest BCUT2D eigenvalue weighted by atomic mass is 32.2. The van der Waals surface area contributed by atoms with Gasteiger partial charge >= 0.3 is 6.18 Å². The number of alkyl halides is 3. The molecule has 5 aromatic carbocycles. The monoisotopic (exact) mass is 681 g/mol. The number of hydrogen-bond donors (Lipinski definition) is 3. The summed E-state index contributed by atoms with van der Waals surface area (Å²) in [5, 5.41) is 7.28. The molecule has 7 nitrogen and oxygen atoms in total. The van der Waals surface area contributed by atoms with Gasteiger partial charge in [-0.15, -0.1) is 11.8 Å². The van der Waals surface area contributed by atoms with E-state index in [1.54, 1.807) is 116 Å². The van der Waals surface area contributed by atoms with Gasteiger partial charge in [-0.1, -0.05) is 72.8 Å². The molecule has 5 aromatic rings. The van der Waals surface area contributed by atoms with Gasteiger partial charge in [0.15, 0.2) is 0 Å². The fourth-order valence-corrected chi connectivity index (χ4v) is 5.76. The molecule has 0 aromatic heterocycles. The number of halogens is 3. The quantitative estimate of drug-likeness (QED) is 0.0959. The van der Waals surface area contributed by atoms with E-state index in [1.165, 1.54) is 18.2 Å². The molecular formula is C38H30F3N3O4S. The summed E-state index contributed by atoms with van der Waals surface area (Å²) in [6, 6.07) is 35.4. The Labute approximate surface area is 285 Å². The molecule has 248 valence electrons. The molecule has 0 aliphatic carbocycles. The van der Waals surface area contributed by atoms with Crippen LogP contribution in [-0.2, 0) is 15.8 Å². The van der Waals surface area contributed by atoms with E-state index >= 15 is 0 Å². The Bertz CT molecular complexity index is 1950. The lowest BCUT2D eigenvalue weighted by Gasteiger charge is -2.18. The van der Waals surface area contributed by atoms with Crippen LogP contribution in [0.4, 0.5) is 24.5 Å². The number of nitrogens with one attached hydrogen (secondary N) is 3. The van der Waals surface area contributed by atoms with Gasteiger partial charge in [0.05, 0.1) is 12.7 Å². The van der Waals surface area contributed by atoms with E-state index in [0.717, 1.165) is 23.9 Å². The van der Waals surface area contributed by atoms with E-state index in [4.69, 9.17) is 4.74 Å². The molecule has 49 heavy (non-hydrogen) atoms. The fourth-order valence-electron chi connectivity index (χ4n) is 4.67. The van der Waals surface area contributed by atoms with Crippen molar-refractivity contribution in [2.24, 2.45) is 0 Å². The molecule has 0 saturated carbocycles.